The van der Waals surface area contributed by atoms with Crippen LogP contribution in [0.5, 0.6) is 0 Å². The molecular weight excluding hydrogens is 382 g/mol. The van der Waals surface area contributed by atoms with E-state index in [0.29, 0.717) is 43.5 Å². The molecule has 1 aromatic heterocycles. The van der Waals surface area contributed by atoms with Crippen LogP contribution in [0.25, 0.3) is 0 Å². The largest absolute Gasteiger partial charge is 0.461 e. The smallest absolute Gasteiger partial charge is 0.359 e. The summed E-state index contributed by atoms with van der Waals surface area (Å²) >= 11 is 0. The van der Waals surface area contributed by atoms with Gasteiger partial charge in [0.05, 0.1) is 16.1 Å². The number of fused-ring (bicyclic) bond motifs is 1. The summed E-state index contributed by atoms with van der Waals surface area (Å²) in [4.78, 5) is 26.8. The van der Waals surface area contributed by atoms with Crippen molar-refractivity contribution in [3.63, 3.8) is 0 Å². The normalized spacial score (nSPS) is 18.8. The first-order valence-corrected chi connectivity index (χ1v) is 11.3. The quantitative estimate of drug-likeness (QED) is 0.634. The summed E-state index contributed by atoms with van der Waals surface area (Å²) in [6.07, 6.45) is 2.14. The van der Waals surface area contributed by atoms with Gasteiger partial charge in [0, 0.05) is 25.7 Å². The van der Waals surface area contributed by atoms with Crippen molar-refractivity contribution in [2.45, 2.75) is 62.9 Å². The minimum Gasteiger partial charge on any atom is -0.461 e. The molecular formula is C19H29N3O5S. The summed E-state index contributed by atoms with van der Waals surface area (Å²) in [6, 6.07) is 0. The van der Waals surface area contributed by atoms with Crippen LogP contribution in [0, 0.1) is 0 Å². The minimum absolute atomic E-state index is 0.174. The van der Waals surface area contributed by atoms with E-state index in [1.165, 1.54) is 4.68 Å². The topological polar surface area (TPSA) is 98.6 Å². The Labute approximate surface area is 166 Å². The second kappa shape index (κ2) is 6.86. The van der Waals surface area contributed by atoms with Crippen LogP contribution in [0.3, 0.4) is 0 Å². The number of carbonyl (C=O) groups excluding carboxylic acids is 2. The lowest BCUT2D eigenvalue weighted by atomic mass is 10.0. The predicted molar refractivity (Wildman–Crippen MR) is 104 cm³/mol. The molecule has 1 aliphatic heterocycles. The van der Waals surface area contributed by atoms with Crippen LogP contribution in [0.1, 0.15) is 73.5 Å². The highest BCUT2D eigenvalue weighted by Crippen LogP contribution is 2.49. The molecule has 0 radical (unpaired) electrons. The van der Waals surface area contributed by atoms with Crippen LogP contribution in [-0.4, -0.2) is 64.2 Å². The number of sulfone groups is 1. The average Bonchev–Trinajstić information content (AvgIpc) is 3.35. The van der Waals surface area contributed by atoms with E-state index < -0.39 is 25.3 Å². The zero-order valence-electron chi connectivity index (χ0n) is 17.2. The highest BCUT2D eigenvalue weighted by Gasteiger charge is 2.60. The van der Waals surface area contributed by atoms with Crippen molar-refractivity contribution in [1.82, 2.24) is 14.7 Å². The number of esters is 1. The van der Waals surface area contributed by atoms with Gasteiger partial charge in [-0.05, 0) is 46.5 Å². The fraction of sp³-hybridized carbons (Fsp3) is 0.737. The van der Waals surface area contributed by atoms with Gasteiger partial charge >= 0.3 is 5.97 Å². The Morgan fingerprint density at radius 3 is 2.46 bits per heavy atom. The molecule has 1 saturated carbocycles. The van der Waals surface area contributed by atoms with E-state index in [9.17, 15) is 18.0 Å². The van der Waals surface area contributed by atoms with Crippen molar-refractivity contribution < 1.29 is 22.7 Å². The van der Waals surface area contributed by atoms with E-state index in [0.717, 1.165) is 0 Å². The third kappa shape index (κ3) is 3.03. The SMILES string of the molecule is CCOC(=O)c1nn(C)c2c1CCN(CC1(S(=O)(=O)C(C)(C)CC)CC1)C2=O. The number of carbonyl (C=O) groups is 2. The summed E-state index contributed by atoms with van der Waals surface area (Å²) in [5, 5.41) is 4.19. The number of ether oxygens (including phenoxy) is 1. The van der Waals surface area contributed by atoms with Gasteiger partial charge in [0.15, 0.2) is 15.5 Å². The van der Waals surface area contributed by atoms with Gasteiger partial charge in [-0.25, -0.2) is 13.2 Å². The maximum atomic E-state index is 13.2. The van der Waals surface area contributed by atoms with E-state index in [1.54, 1.807) is 32.7 Å². The van der Waals surface area contributed by atoms with Gasteiger partial charge in [-0.3, -0.25) is 9.48 Å². The third-order valence-electron chi connectivity index (χ3n) is 6.17. The average molecular weight is 412 g/mol. The Hall–Kier alpha value is -1.90. The second-order valence-electron chi connectivity index (χ2n) is 8.30. The van der Waals surface area contributed by atoms with E-state index >= 15 is 0 Å². The van der Waals surface area contributed by atoms with E-state index in [1.807, 2.05) is 6.92 Å². The van der Waals surface area contributed by atoms with Gasteiger partial charge in [-0.2, -0.15) is 5.10 Å². The van der Waals surface area contributed by atoms with Crippen LogP contribution in [0.2, 0.25) is 0 Å². The lowest BCUT2D eigenvalue weighted by Gasteiger charge is -2.34. The summed E-state index contributed by atoms with van der Waals surface area (Å²) < 4.78 is 31.2. The maximum Gasteiger partial charge on any atom is 0.359 e. The molecule has 0 N–H and O–H groups in total. The first kappa shape index (κ1) is 20.8. The van der Waals surface area contributed by atoms with Gasteiger partial charge in [-0.1, -0.05) is 6.92 Å². The Morgan fingerprint density at radius 2 is 1.93 bits per heavy atom. The predicted octanol–water partition coefficient (Wildman–Crippen LogP) is 1.73. The number of amides is 1. The summed E-state index contributed by atoms with van der Waals surface area (Å²) in [6.45, 7) is 7.89. The molecule has 156 valence electrons. The molecule has 1 aromatic rings. The van der Waals surface area contributed by atoms with Crippen LogP contribution in [0.15, 0.2) is 0 Å². The van der Waals surface area contributed by atoms with Crippen molar-refractivity contribution in [3.05, 3.63) is 17.0 Å². The standard InChI is InChI=1S/C19H29N3O5S/c1-6-18(3,4)28(25,26)19(9-10-19)12-22-11-8-13-14(17(24)27-7-2)20-21(5)15(13)16(22)23/h6-12H2,1-5H3. The van der Waals surface area contributed by atoms with Crippen molar-refractivity contribution in [3.8, 4) is 0 Å². The Bertz CT molecular complexity index is 912. The number of hydrogen-bond acceptors (Lipinski definition) is 6. The van der Waals surface area contributed by atoms with Gasteiger partial charge in [0.2, 0.25) is 0 Å². The van der Waals surface area contributed by atoms with Crippen molar-refractivity contribution >= 4 is 21.7 Å². The van der Waals surface area contributed by atoms with Crippen molar-refractivity contribution in [2.24, 2.45) is 7.05 Å². The van der Waals surface area contributed by atoms with E-state index in [4.69, 9.17) is 4.74 Å². The van der Waals surface area contributed by atoms with E-state index in [-0.39, 0.29) is 24.8 Å². The molecule has 9 heteroatoms. The third-order valence-corrected chi connectivity index (χ3v) is 9.59. The molecule has 2 aliphatic rings. The monoisotopic (exact) mass is 411 g/mol. The zero-order valence-corrected chi connectivity index (χ0v) is 18.1. The van der Waals surface area contributed by atoms with Gasteiger partial charge < -0.3 is 9.64 Å². The molecule has 0 aromatic carbocycles. The molecule has 28 heavy (non-hydrogen) atoms. The molecule has 1 aliphatic carbocycles. The van der Waals surface area contributed by atoms with Gasteiger partial charge in [0.25, 0.3) is 5.91 Å². The molecule has 3 rings (SSSR count). The number of rotatable bonds is 7. The maximum absolute atomic E-state index is 13.2. The van der Waals surface area contributed by atoms with Crippen molar-refractivity contribution in [1.29, 1.82) is 0 Å². The van der Waals surface area contributed by atoms with Gasteiger partial charge in [-0.15, -0.1) is 0 Å². The summed E-state index contributed by atoms with van der Waals surface area (Å²) in [5.41, 5.74) is 1.11. The second-order valence-corrected chi connectivity index (χ2v) is 11.3. The zero-order chi connectivity index (χ0) is 20.9. The Kier molecular flexibility index (Phi) is 5.10. The molecule has 2 heterocycles. The summed E-state index contributed by atoms with van der Waals surface area (Å²) in [7, 11) is -1.78. The number of aromatic nitrogens is 2. The molecule has 0 atom stereocenters. The Morgan fingerprint density at radius 1 is 1.29 bits per heavy atom. The molecule has 0 saturated heterocycles. The molecule has 1 amide bonds. The lowest BCUT2D eigenvalue weighted by molar-refractivity contribution is 0.0517. The fourth-order valence-corrected chi connectivity index (χ4v) is 6.38. The van der Waals surface area contributed by atoms with Crippen LogP contribution >= 0.6 is 0 Å². The molecule has 8 nitrogen and oxygen atoms in total. The van der Waals surface area contributed by atoms with Crippen molar-refractivity contribution in [2.75, 3.05) is 19.7 Å². The number of nitrogens with zero attached hydrogens (tertiary/aromatic N) is 3. The molecule has 0 spiro atoms. The summed E-state index contributed by atoms with van der Waals surface area (Å²) in [5.74, 6) is -0.811. The first-order chi connectivity index (χ1) is 13.0. The minimum atomic E-state index is -3.39. The van der Waals surface area contributed by atoms with E-state index in [2.05, 4.69) is 5.10 Å². The van der Waals surface area contributed by atoms with Crippen LogP contribution in [0.4, 0.5) is 0 Å². The van der Waals surface area contributed by atoms with Gasteiger partial charge in [0.1, 0.15) is 5.69 Å². The molecule has 0 unspecified atom stereocenters. The number of aryl methyl sites for hydroxylation is 1. The molecule has 0 bridgehead atoms. The highest BCUT2D eigenvalue weighted by molar-refractivity contribution is 7.94. The Balaban J connectivity index is 1.87. The molecule has 1 fully saturated rings. The lowest BCUT2D eigenvalue weighted by Crippen LogP contribution is -2.50. The number of hydrogen-bond donors (Lipinski definition) is 0. The fourth-order valence-electron chi connectivity index (χ4n) is 3.86. The highest BCUT2D eigenvalue weighted by atomic mass is 32.2. The first-order valence-electron chi connectivity index (χ1n) is 9.78. The van der Waals surface area contributed by atoms with Crippen LogP contribution in [-0.2, 0) is 28.0 Å². The van der Waals surface area contributed by atoms with Crippen LogP contribution < -0.4 is 0 Å².